The summed E-state index contributed by atoms with van der Waals surface area (Å²) >= 11 is 0. The van der Waals surface area contributed by atoms with E-state index in [0.29, 0.717) is 0 Å². The SMILES string of the molecule is Br.C=C(C)C(=O)O.C=C(C)C(=O)O.c1c[nH]cn1.c1c[nH]cn1. The van der Waals surface area contributed by atoms with Crippen molar-refractivity contribution in [1.82, 2.24) is 19.9 Å². The van der Waals surface area contributed by atoms with Crippen LogP contribution in [0.5, 0.6) is 0 Å². The Kier molecular flexibility index (Phi) is 19.1. The van der Waals surface area contributed by atoms with Crippen LogP contribution in [-0.4, -0.2) is 42.1 Å². The summed E-state index contributed by atoms with van der Waals surface area (Å²) in [5.41, 5.74) is 0.352. The highest BCUT2D eigenvalue weighted by Crippen LogP contribution is 1.81. The molecule has 0 aliphatic heterocycles. The Morgan fingerprint density at radius 3 is 1.17 bits per heavy atom. The van der Waals surface area contributed by atoms with Crippen molar-refractivity contribution in [2.24, 2.45) is 0 Å². The van der Waals surface area contributed by atoms with Gasteiger partial charge >= 0.3 is 11.9 Å². The van der Waals surface area contributed by atoms with E-state index in [1.807, 2.05) is 0 Å². The van der Waals surface area contributed by atoms with E-state index in [1.165, 1.54) is 13.8 Å². The molecule has 2 heterocycles. The maximum Gasteiger partial charge on any atom is 0.330 e. The van der Waals surface area contributed by atoms with Crippen molar-refractivity contribution in [2.75, 3.05) is 0 Å². The average molecular weight is 389 g/mol. The van der Waals surface area contributed by atoms with Gasteiger partial charge in [-0.25, -0.2) is 19.6 Å². The molecule has 0 atom stereocenters. The molecule has 0 saturated heterocycles. The topological polar surface area (TPSA) is 132 Å². The molecule has 0 unspecified atom stereocenters. The molecule has 0 fully saturated rings. The highest BCUT2D eigenvalue weighted by Gasteiger charge is 1.90. The quantitative estimate of drug-likeness (QED) is 0.584. The van der Waals surface area contributed by atoms with E-state index in [0.717, 1.165) is 0 Å². The minimum absolute atomic E-state index is 0. The monoisotopic (exact) mass is 388 g/mol. The van der Waals surface area contributed by atoms with Crippen molar-refractivity contribution in [2.45, 2.75) is 13.8 Å². The predicted molar refractivity (Wildman–Crippen MR) is 92.4 cm³/mol. The molecular weight excluding hydrogens is 368 g/mol. The van der Waals surface area contributed by atoms with Gasteiger partial charge in [-0.15, -0.1) is 17.0 Å². The first kappa shape index (κ1) is 25.3. The number of nitrogens with one attached hydrogen (secondary N) is 2. The molecular formula is C14H21BrN4O4. The molecule has 0 spiro atoms. The molecule has 23 heavy (non-hydrogen) atoms. The van der Waals surface area contributed by atoms with Crippen LogP contribution in [0.3, 0.4) is 0 Å². The number of carbonyl (C=O) groups is 2. The van der Waals surface area contributed by atoms with Gasteiger partial charge in [-0.3, -0.25) is 0 Å². The number of nitrogens with zero attached hydrogens (tertiary/aromatic N) is 2. The van der Waals surface area contributed by atoms with Crippen molar-refractivity contribution in [3.8, 4) is 0 Å². The largest absolute Gasteiger partial charge is 0.478 e. The van der Waals surface area contributed by atoms with E-state index in [1.54, 1.807) is 37.4 Å². The van der Waals surface area contributed by atoms with Crippen molar-refractivity contribution in [1.29, 1.82) is 0 Å². The number of hydrogen-bond donors (Lipinski definition) is 4. The number of aromatic amines is 2. The zero-order valence-corrected chi connectivity index (χ0v) is 14.6. The van der Waals surface area contributed by atoms with Gasteiger partial charge in [0.2, 0.25) is 0 Å². The summed E-state index contributed by atoms with van der Waals surface area (Å²) < 4.78 is 0. The summed E-state index contributed by atoms with van der Waals surface area (Å²) in [5.74, 6) is -1.87. The Morgan fingerprint density at radius 2 is 1.13 bits per heavy atom. The summed E-state index contributed by atoms with van der Waals surface area (Å²) in [4.78, 5) is 32.0. The van der Waals surface area contributed by atoms with Gasteiger partial charge in [-0.2, -0.15) is 0 Å². The third-order valence-corrected chi connectivity index (χ3v) is 1.54. The third-order valence-electron chi connectivity index (χ3n) is 1.54. The van der Waals surface area contributed by atoms with Crippen LogP contribution in [0.4, 0.5) is 0 Å². The zero-order valence-electron chi connectivity index (χ0n) is 12.9. The molecule has 9 heteroatoms. The van der Waals surface area contributed by atoms with Crippen molar-refractivity contribution in [3.63, 3.8) is 0 Å². The van der Waals surface area contributed by atoms with Crippen molar-refractivity contribution >= 4 is 28.9 Å². The maximum atomic E-state index is 9.60. The molecule has 8 nitrogen and oxygen atoms in total. The zero-order chi connectivity index (χ0) is 17.4. The van der Waals surface area contributed by atoms with Gasteiger partial charge in [0, 0.05) is 35.9 Å². The lowest BCUT2D eigenvalue weighted by atomic mass is 10.4. The highest BCUT2D eigenvalue weighted by molar-refractivity contribution is 8.93. The van der Waals surface area contributed by atoms with Crippen LogP contribution in [0, 0.1) is 0 Å². The first-order chi connectivity index (χ1) is 10.3. The summed E-state index contributed by atoms with van der Waals surface area (Å²) in [5, 5.41) is 15.8. The van der Waals surface area contributed by atoms with Gasteiger partial charge in [0.05, 0.1) is 12.7 Å². The molecule has 0 aliphatic carbocycles. The second-order valence-electron chi connectivity index (χ2n) is 3.69. The standard InChI is InChI=1S/2C4H6O2.2C3H4N2.BrH/c2*1-3(2)4(5)6;2*1-2-5-3-4-1;/h2*1H2,2H3,(H,5,6);2*1-3H,(H,4,5);1H. The summed E-state index contributed by atoms with van der Waals surface area (Å²) in [6.45, 7) is 9.20. The fourth-order valence-electron chi connectivity index (χ4n) is 0.430. The predicted octanol–water partition coefficient (Wildman–Crippen LogP) is 2.69. The van der Waals surface area contributed by atoms with Crippen molar-refractivity contribution in [3.05, 3.63) is 61.7 Å². The van der Waals surface area contributed by atoms with Crippen LogP contribution in [0.2, 0.25) is 0 Å². The molecule has 2 aromatic rings. The Morgan fingerprint density at radius 1 is 0.870 bits per heavy atom. The van der Waals surface area contributed by atoms with E-state index in [4.69, 9.17) is 10.2 Å². The Balaban J connectivity index is -0.000000229. The lowest BCUT2D eigenvalue weighted by molar-refractivity contribution is -0.133. The van der Waals surface area contributed by atoms with E-state index in [2.05, 4.69) is 33.1 Å². The molecule has 0 aliphatic rings. The average Bonchev–Trinajstić information content (AvgIpc) is 3.18. The van der Waals surface area contributed by atoms with Gasteiger partial charge in [0.15, 0.2) is 0 Å². The van der Waals surface area contributed by atoms with Crippen LogP contribution in [0.25, 0.3) is 0 Å². The number of imidazole rings is 2. The molecule has 2 aromatic heterocycles. The number of aliphatic carboxylic acids is 2. The molecule has 0 saturated carbocycles. The molecule has 0 bridgehead atoms. The lowest BCUT2D eigenvalue weighted by Gasteiger charge is -1.79. The number of halogens is 1. The highest BCUT2D eigenvalue weighted by atomic mass is 79.9. The fraction of sp³-hybridized carbons (Fsp3) is 0.143. The van der Waals surface area contributed by atoms with E-state index in [-0.39, 0.29) is 28.1 Å². The number of carboxylic acids is 2. The van der Waals surface area contributed by atoms with Gasteiger partial charge in [-0.05, 0) is 13.8 Å². The summed E-state index contributed by atoms with van der Waals surface area (Å²) in [6, 6.07) is 0. The van der Waals surface area contributed by atoms with Crippen molar-refractivity contribution < 1.29 is 19.8 Å². The fourth-order valence-corrected chi connectivity index (χ4v) is 0.430. The first-order valence-corrected chi connectivity index (χ1v) is 5.92. The first-order valence-electron chi connectivity index (χ1n) is 5.92. The van der Waals surface area contributed by atoms with Gasteiger partial charge in [0.1, 0.15) is 0 Å². The molecule has 4 N–H and O–H groups in total. The Bertz CT molecular complexity index is 430. The van der Waals surface area contributed by atoms with Gasteiger partial charge in [0.25, 0.3) is 0 Å². The minimum Gasteiger partial charge on any atom is -0.478 e. The Labute approximate surface area is 144 Å². The van der Waals surface area contributed by atoms with Gasteiger partial charge in [-0.1, -0.05) is 13.2 Å². The molecule has 0 amide bonds. The van der Waals surface area contributed by atoms with Crippen LogP contribution in [-0.2, 0) is 9.59 Å². The number of aromatic nitrogens is 4. The van der Waals surface area contributed by atoms with Crippen LogP contribution in [0.15, 0.2) is 61.7 Å². The minimum atomic E-state index is -0.935. The number of hydrogen-bond acceptors (Lipinski definition) is 4. The molecule has 2 rings (SSSR count). The summed E-state index contributed by atoms with van der Waals surface area (Å²) in [7, 11) is 0. The second kappa shape index (κ2) is 17.4. The normalized spacial score (nSPS) is 7.39. The Hall–Kier alpha value is -2.68. The smallest absolute Gasteiger partial charge is 0.330 e. The molecule has 0 aromatic carbocycles. The van der Waals surface area contributed by atoms with Gasteiger partial charge < -0.3 is 20.2 Å². The van der Waals surface area contributed by atoms with Crippen LogP contribution in [0.1, 0.15) is 13.8 Å². The number of rotatable bonds is 2. The maximum absolute atomic E-state index is 9.60. The van der Waals surface area contributed by atoms with E-state index < -0.39 is 11.9 Å². The second-order valence-corrected chi connectivity index (χ2v) is 3.69. The third kappa shape index (κ3) is 24.7. The number of H-pyrrole nitrogens is 2. The summed E-state index contributed by atoms with van der Waals surface area (Å²) in [6.07, 6.45) is 10.2. The van der Waals surface area contributed by atoms with Crippen LogP contribution >= 0.6 is 17.0 Å². The molecule has 128 valence electrons. The van der Waals surface area contributed by atoms with Crippen LogP contribution < -0.4 is 0 Å². The molecule has 0 radical (unpaired) electrons. The number of carboxylic acid groups (broad SMARTS) is 2. The lowest BCUT2D eigenvalue weighted by Crippen LogP contribution is -1.92. The van der Waals surface area contributed by atoms with E-state index >= 15 is 0 Å². The van der Waals surface area contributed by atoms with E-state index in [9.17, 15) is 9.59 Å².